The van der Waals surface area contributed by atoms with Crippen molar-refractivity contribution < 1.29 is 9.90 Å². The molecule has 0 spiro atoms. The minimum Gasteiger partial charge on any atom is -0.395 e. The smallest absolute Gasteiger partial charge is 0.222 e. The van der Waals surface area contributed by atoms with E-state index in [9.17, 15) is 9.90 Å². The number of hydrogen-bond donors (Lipinski definition) is 1. The zero-order valence-electron chi connectivity index (χ0n) is 17.8. The molecule has 2 aliphatic rings. The van der Waals surface area contributed by atoms with Gasteiger partial charge in [-0.3, -0.25) is 9.69 Å². The monoisotopic (exact) mass is 404 g/mol. The van der Waals surface area contributed by atoms with Crippen molar-refractivity contribution in [2.24, 2.45) is 0 Å². The van der Waals surface area contributed by atoms with Gasteiger partial charge in [0.2, 0.25) is 5.91 Å². The number of carbonyl (C=O) groups is 1. The third kappa shape index (κ3) is 4.35. The molecule has 2 aromatic rings. The lowest BCUT2D eigenvalue weighted by Gasteiger charge is -2.57. The molecule has 1 amide bonds. The third-order valence-electron chi connectivity index (χ3n) is 6.61. The molecule has 0 aromatic heterocycles. The predicted molar refractivity (Wildman–Crippen MR) is 122 cm³/mol. The molecule has 158 valence electrons. The van der Waals surface area contributed by atoms with Gasteiger partial charge in [-0.1, -0.05) is 73.7 Å². The SMILES string of the molecule is CCC(=O)N1CCCCN2[C@H](CO)[C@H](c3ccc(/C=C/c4ccccc4)cc3)[C@@H]2C1. The van der Waals surface area contributed by atoms with Crippen LogP contribution < -0.4 is 0 Å². The zero-order chi connectivity index (χ0) is 20.9. The lowest BCUT2D eigenvalue weighted by Crippen LogP contribution is -2.67. The Morgan fingerprint density at radius 1 is 1.00 bits per heavy atom. The number of rotatable bonds is 5. The Labute approximate surface area is 179 Å². The van der Waals surface area contributed by atoms with Crippen LogP contribution in [0.25, 0.3) is 12.2 Å². The summed E-state index contributed by atoms with van der Waals surface area (Å²) in [6, 6.07) is 19.4. The Morgan fingerprint density at radius 3 is 2.33 bits per heavy atom. The largest absolute Gasteiger partial charge is 0.395 e. The van der Waals surface area contributed by atoms with E-state index in [4.69, 9.17) is 0 Å². The summed E-state index contributed by atoms with van der Waals surface area (Å²) in [6.07, 6.45) is 6.94. The fraction of sp³-hybridized carbons (Fsp3) is 0.423. The maximum absolute atomic E-state index is 12.4. The van der Waals surface area contributed by atoms with E-state index in [2.05, 4.69) is 53.5 Å². The molecule has 0 unspecified atom stereocenters. The number of aliphatic hydroxyl groups excluding tert-OH is 1. The minimum atomic E-state index is 0.150. The molecule has 2 aromatic carbocycles. The molecule has 4 rings (SSSR count). The van der Waals surface area contributed by atoms with Gasteiger partial charge < -0.3 is 10.0 Å². The van der Waals surface area contributed by atoms with Gasteiger partial charge in [0.1, 0.15) is 0 Å². The first-order valence-electron chi connectivity index (χ1n) is 11.2. The van der Waals surface area contributed by atoms with Crippen molar-refractivity contribution in [3.63, 3.8) is 0 Å². The number of nitrogens with zero attached hydrogens (tertiary/aromatic N) is 2. The van der Waals surface area contributed by atoms with Gasteiger partial charge in [0, 0.05) is 37.5 Å². The van der Waals surface area contributed by atoms with Crippen LogP contribution in [-0.2, 0) is 4.79 Å². The minimum absolute atomic E-state index is 0.150. The zero-order valence-corrected chi connectivity index (χ0v) is 17.8. The quantitative estimate of drug-likeness (QED) is 0.766. The molecule has 0 saturated carbocycles. The van der Waals surface area contributed by atoms with Crippen molar-refractivity contribution in [2.45, 2.75) is 44.2 Å². The number of fused-ring (bicyclic) bond motifs is 1. The molecule has 2 heterocycles. The van der Waals surface area contributed by atoms with E-state index >= 15 is 0 Å². The third-order valence-corrected chi connectivity index (χ3v) is 6.61. The van der Waals surface area contributed by atoms with E-state index in [1.807, 2.05) is 30.0 Å². The van der Waals surface area contributed by atoms with Gasteiger partial charge >= 0.3 is 0 Å². The Hall–Kier alpha value is -2.43. The molecule has 4 heteroatoms. The summed E-state index contributed by atoms with van der Waals surface area (Å²) in [4.78, 5) is 16.8. The molecule has 30 heavy (non-hydrogen) atoms. The highest BCUT2D eigenvalue weighted by Crippen LogP contribution is 2.42. The van der Waals surface area contributed by atoms with Gasteiger partial charge in [-0.05, 0) is 36.1 Å². The second kappa shape index (κ2) is 9.59. The van der Waals surface area contributed by atoms with Crippen LogP contribution in [0, 0.1) is 0 Å². The molecule has 4 nitrogen and oxygen atoms in total. The van der Waals surface area contributed by atoms with Crippen molar-refractivity contribution >= 4 is 18.1 Å². The van der Waals surface area contributed by atoms with Crippen molar-refractivity contribution in [1.29, 1.82) is 0 Å². The first-order valence-corrected chi connectivity index (χ1v) is 11.2. The van der Waals surface area contributed by atoms with Crippen LogP contribution in [-0.4, -0.2) is 59.1 Å². The topological polar surface area (TPSA) is 43.8 Å². The average molecular weight is 405 g/mol. The van der Waals surface area contributed by atoms with Crippen molar-refractivity contribution in [3.05, 3.63) is 71.3 Å². The Kier molecular flexibility index (Phi) is 6.66. The molecular weight excluding hydrogens is 372 g/mol. The van der Waals surface area contributed by atoms with Gasteiger partial charge in [-0.25, -0.2) is 0 Å². The van der Waals surface area contributed by atoms with Crippen LogP contribution in [0.15, 0.2) is 54.6 Å². The van der Waals surface area contributed by atoms with Gasteiger partial charge in [0.15, 0.2) is 0 Å². The van der Waals surface area contributed by atoms with Gasteiger partial charge in [0.25, 0.3) is 0 Å². The predicted octanol–water partition coefficient (Wildman–Crippen LogP) is 4.02. The summed E-state index contributed by atoms with van der Waals surface area (Å²) in [5.74, 6) is 0.511. The second-order valence-corrected chi connectivity index (χ2v) is 8.39. The van der Waals surface area contributed by atoms with E-state index < -0.39 is 0 Å². The molecule has 1 N–H and O–H groups in total. The maximum Gasteiger partial charge on any atom is 0.222 e. The Morgan fingerprint density at radius 2 is 1.67 bits per heavy atom. The number of carbonyl (C=O) groups excluding carboxylic acids is 1. The van der Waals surface area contributed by atoms with Crippen molar-refractivity contribution in [2.75, 3.05) is 26.2 Å². The van der Waals surface area contributed by atoms with Crippen LogP contribution in [0.2, 0.25) is 0 Å². The normalized spacial score (nSPS) is 24.7. The maximum atomic E-state index is 12.4. The highest BCUT2D eigenvalue weighted by molar-refractivity contribution is 5.76. The van der Waals surface area contributed by atoms with E-state index in [1.165, 1.54) is 16.7 Å². The number of aliphatic hydroxyl groups is 1. The first-order chi connectivity index (χ1) is 14.7. The van der Waals surface area contributed by atoms with Crippen LogP contribution >= 0.6 is 0 Å². The van der Waals surface area contributed by atoms with Crippen molar-refractivity contribution in [1.82, 2.24) is 9.80 Å². The van der Waals surface area contributed by atoms with Crippen LogP contribution in [0.5, 0.6) is 0 Å². The highest BCUT2D eigenvalue weighted by Gasteiger charge is 2.49. The van der Waals surface area contributed by atoms with Crippen molar-refractivity contribution in [3.8, 4) is 0 Å². The molecule has 3 atom stereocenters. The molecular formula is C26H32N2O2. The molecule has 2 aliphatic heterocycles. The summed E-state index contributed by atoms with van der Waals surface area (Å²) in [7, 11) is 0. The first kappa shape index (κ1) is 20.8. The molecule has 2 saturated heterocycles. The highest BCUT2D eigenvalue weighted by atomic mass is 16.3. The molecule has 0 bridgehead atoms. The Balaban J connectivity index is 1.51. The summed E-state index contributed by atoms with van der Waals surface area (Å²) in [5.41, 5.74) is 3.61. The Bertz CT molecular complexity index is 862. The van der Waals surface area contributed by atoms with E-state index in [0.29, 0.717) is 12.5 Å². The number of hydrogen-bond acceptors (Lipinski definition) is 3. The lowest BCUT2D eigenvalue weighted by atomic mass is 9.74. The number of benzene rings is 2. The van der Waals surface area contributed by atoms with E-state index in [-0.39, 0.29) is 24.5 Å². The van der Waals surface area contributed by atoms with E-state index in [1.54, 1.807) is 0 Å². The number of amides is 1. The fourth-order valence-electron chi connectivity index (χ4n) is 4.98. The lowest BCUT2D eigenvalue weighted by molar-refractivity contribution is -0.136. The van der Waals surface area contributed by atoms with Crippen LogP contribution in [0.4, 0.5) is 0 Å². The standard InChI is InChI=1S/C26H32N2O2/c1-2-25(30)27-16-6-7-17-28-23(18-27)26(24(28)19-29)22-14-12-21(13-15-22)11-10-20-8-4-3-5-9-20/h3-5,8-15,23-24,26,29H,2,6-7,16-19H2,1H3/b11-10+/t23-,24+,26+/m0/s1. The van der Waals surface area contributed by atoms with E-state index in [0.717, 1.165) is 32.5 Å². The van der Waals surface area contributed by atoms with Gasteiger partial charge in [-0.2, -0.15) is 0 Å². The molecule has 0 radical (unpaired) electrons. The molecule has 2 fully saturated rings. The summed E-state index contributed by atoms with van der Waals surface area (Å²) in [6.45, 7) is 4.74. The second-order valence-electron chi connectivity index (χ2n) is 8.39. The van der Waals surface area contributed by atoms with Gasteiger partial charge in [0.05, 0.1) is 6.61 Å². The van der Waals surface area contributed by atoms with Crippen LogP contribution in [0.1, 0.15) is 48.8 Å². The summed E-state index contributed by atoms with van der Waals surface area (Å²) < 4.78 is 0. The average Bonchev–Trinajstić information content (AvgIpc) is 2.77. The van der Waals surface area contributed by atoms with Gasteiger partial charge in [-0.15, -0.1) is 0 Å². The summed E-state index contributed by atoms with van der Waals surface area (Å²) in [5, 5.41) is 10.1. The fourth-order valence-corrected chi connectivity index (χ4v) is 4.98. The molecule has 0 aliphatic carbocycles. The summed E-state index contributed by atoms with van der Waals surface area (Å²) >= 11 is 0. The van der Waals surface area contributed by atoms with Crippen LogP contribution in [0.3, 0.4) is 0 Å².